The molecule has 0 spiro atoms. The lowest BCUT2D eigenvalue weighted by Gasteiger charge is -2.70. The van der Waals surface area contributed by atoms with E-state index in [0.29, 0.717) is 23.0 Å². The highest BCUT2D eigenvalue weighted by Crippen LogP contribution is 2.73. The minimum atomic E-state index is -0.432. The lowest BCUT2D eigenvalue weighted by Crippen LogP contribution is -2.63. The van der Waals surface area contributed by atoms with E-state index in [4.69, 9.17) is 4.74 Å². The molecule has 144 valence electrons. The molecule has 28 heavy (non-hydrogen) atoms. The summed E-state index contributed by atoms with van der Waals surface area (Å²) in [6.45, 7) is 1.98. The van der Waals surface area contributed by atoms with E-state index in [1.54, 1.807) is 11.3 Å². The Kier molecular flexibility index (Phi) is 3.04. The smallest absolute Gasteiger partial charge is 0.347 e. The van der Waals surface area contributed by atoms with Gasteiger partial charge in [0, 0.05) is 0 Å². The quantitative estimate of drug-likeness (QED) is 0.390. The number of hydrogen-bond acceptors (Lipinski definition) is 4. The number of allylic oxidation sites excluding steroid dienone is 2. The van der Waals surface area contributed by atoms with Gasteiger partial charge in [-0.05, 0) is 120 Å². The summed E-state index contributed by atoms with van der Waals surface area (Å²) in [4.78, 5) is 25.7. The molecule has 1 saturated heterocycles. The van der Waals surface area contributed by atoms with E-state index >= 15 is 0 Å². The van der Waals surface area contributed by atoms with E-state index in [0.717, 1.165) is 46.6 Å². The van der Waals surface area contributed by atoms with Gasteiger partial charge >= 0.3 is 11.9 Å². The topological polar surface area (TPSA) is 43.4 Å². The highest BCUT2D eigenvalue weighted by atomic mass is 32.1. The molecule has 8 bridgehead atoms. The maximum absolute atomic E-state index is 13.0. The summed E-state index contributed by atoms with van der Waals surface area (Å²) in [7, 11) is 0. The lowest BCUT2D eigenvalue weighted by atomic mass is 9.34. The van der Waals surface area contributed by atoms with Gasteiger partial charge in [0.15, 0.2) is 0 Å². The third-order valence-electron chi connectivity index (χ3n) is 9.31. The number of hydrogen-bond donors (Lipinski definition) is 0. The molecule has 0 N–H and O–H groups in total. The summed E-state index contributed by atoms with van der Waals surface area (Å²) in [6, 6.07) is 2.03. The van der Waals surface area contributed by atoms with E-state index in [9.17, 15) is 9.59 Å². The highest BCUT2D eigenvalue weighted by molar-refractivity contribution is 7.08. The standard InChI is InChI=1S/C24H24O3S/c1-10(12-2-3-28-9-12)19-22(24(26)27-23(19)25)20-13-7-15-14-4-11-5-17(15)21(20)18(6-11)16(14)8-13/h2-3,9,11,13-18,21H,4-8H2,1H3/b19-10+,22-20-/t11?,13?,14?,15-,16?,17?,18?,21?/m0/s1. The Labute approximate surface area is 168 Å². The van der Waals surface area contributed by atoms with Crippen molar-refractivity contribution in [2.45, 2.75) is 39.0 Å². The van der Waals surface area contributed by atoms with Crippen LogP contribution in [0.2, 0.25) is 0 Å². The van der Waals surface area contributed by atoms with Gasteiger partial charge in [-0.25, -0.2) is 9.59 Å². The second-order valence-corrected chi connectivity index (χ2v) is 10.9. The fourth-order valence-corrected chi connectivity index (χ4v) is 9.37. The van der Waals surface area contributed by atoms with Crippen LogP contribution in [0, 0.1) is 47.3 Å². The zero-order chi connectivity index (χ0) is 18.7. The number of esters is 2. The van der Waals surface area contributed by atoms with Gasteiger partial charge in [-0.2, -0.15) is 11.3 Å². The number of thiophene rings is 1. The molecule has 9 rings (SSSR count). The molecule has 4 heteroatoms. The van der Waals surface area contributed by atoms with Crippen molar-refractivity contribution in [1.29, 1.82) is 0 Å². The molecule has 0 radical (unpaired) electrons. The van der Waals surface area contributed by atoms with Crippen LogP contribution in [0.1, 0.15) is 44.6 Å². The Morgan fingerprint density at radius 1 is 0.964 bits per heavy atom. The number of rotatable bonds is 1. The molecule has 7 aliphatic carbocycles. The zero-order valence-corrected chi connectivity index (χ0v) is 16.8. The molecule has 1 aromatic rings. The van der Waals surface area contributed by atoms with Gasteiger partial charge in [0.1, 0.15) is 0 Å². The molecule has 7 unspecified atom stereocenters. The fourth-order valence-electron chi connectivity index (χ4n) is 8.66. The largest absolute Gasteiger partial charge is 0.386 e. The van der Waals surface area contributed by atoms with E-state index in [1.165, 1.54) is 37.7 Å². The van der Waals surface area contributed by atoms with Crippen LogP contribution in [0.15, 0.2) is 33.5 Å². The SMILES string of the molecule is C/C(=C1\C(=O)OC(=O)\C1=C1\C2CC3C4CC5CC3[C@H](C2)C(C5)C14)c1ccsc1. The number of carbonyl (C=O) groups is 2. The van der Waals surface area contributed by atoms with Gasteiger partial charge in [0.05, 0.1) is 11.1 Å². The van der Waals surface area contributed by atoms with Crippen LogP contribution >= 0.6 is 11.3 Å². The van der Waals surface area contributed by atoms with Crippen LogP contribution in [0.4, 0.5) is 0 Å². The fraction of sp³-hybridized carbons (Fsp3) is 0.583. The molecule has 3 nitrogen and oxygen atoms in total. The predicted octanol–water partition coefficient (Wildman–Crippen LogP) is 4.85. The van der Waals surface area contributed by atoms with Gasteiger partial charge in [0.25, 0.3) is 0 Å². The third kappa shape index (κ3) is 1.82. The minimum absolute atomic E-state index is 0.375. The first-order valence-electron chi connectivity index (χ1n) is 10.9. The Morgan fingerprint density at radius 3 is 2.32 bits per heavy atom. The molecule has 0 aromatic carbocycles. The van der Waals surface area contributed by atoms with Gasteiger partial charge in [-0.3, -0.25) is 0 Å². The maximum Gasteiger partial charge on any atom is 0.347 e. The molecule has 8 atom stereocenters. The molecule has 8 fully saturated rings. The summed E-state index contributed by atoms with van der Waals surface area (Å²) in [6.07, 6.45) is 6.66. The van der Waals surface area contributed by atoms with Crippen molar-refractivity contribution in [3.8, 4) is 0 Å². The molecule has 1 aliphatic heterocycles. The van der Waals surface area contributed by atoms with Gasteiger partial charge in [-0.15, -0.1) is 0 Å². The summed E-state index contributed by atoms with van der Waals surface area (Å²) in [5.41, 5.74) is 4.51. The Hall–Kier alpha value is -1.68. The van der Waals surface area contributed by atoms with Crippen molar-refractivity contribution >= 4 is 28.8 Å². The van der Waals surface area contributed by atoms with E-state index in [1.807, 2.05) is 18.4 Å². The molecule has 1 aromatic heterocycles. The molecular formula is C24H24O3S. The lowest BCUT2D eigenvalue weighted by molar-refractivity contribution is -0.177. The second kappa shape index (κ2) is 5.27. The Balaban J connectivity index is 1.45. The number of carbonyl (C=O) groups excluding carboxylic acids is 2. The molecule has 0 amide bonds. The molecule has 2 heterocycles. The van der Waals surface area contributed by atoms with Crippen LogP contribution in [-0.2, 0) is 14.3 Å². The van der Waals surface area contributed by atoms with Crippen LogP contribution < -0.4 is 0 Å². The van der Waals surface area contributed by atoms with Crippen molar-refractivity contribution in [2.75, 3.05) is 0 Å². The summed E-state index contributed by atoms with van der Waals surface area (Å²) in [5.74, 6) is 5.37. The van der Waals surface area contributed by atoms with Crippen LogP contribution in [0.3, 0.4) is 0 Å². The average molecular weight is 393 g/mol. The highest BCUT2D eigenvalue weighted by Gasteiger charge is 2.66. The van der Waals surface area contributed by atoms with Crippen molar-refractivity contribution in [3.63, 3.8) is 0 Å². The maximum atomic E-state index is 13.0. The molecular weight excluding hydrogens is 368 g/mol. The van der Waals surface area contributed by atoms with Crippen molar-refractivity contribution in [1.82, 2.24) is 0 Å². The monoisotopic (exact) mass is 392 g/mol. The van der Waals surface area contributed by atoms with Crippen LogP contribution in [-0.4, -0.2) is 11.9 Å². The van der Waals surface area contributed by atoms with Gasteiger partial charge < -0.3 is 4.74 Å². The van der Waals surface area contributed by atoms with Crippen LogP contribution in [0.5, 0.6) is 0 Å². The Morgan fingerprint density at radius 2 is 1.64 bits per heavy atom. The summed E-state index contributed by atoms with van der Waals surface area (Å²) < 4.78 is 5.22. The first kappa shape index (κ1) is 16.2. The van der Waals surface area contributed by atoms with Crippen molar-refractivity contribution in [3.05, 3.63) is 39.1 Å². The van der Waals surface area contributed by atoms with Crippen molar-refractivity contribution in [2.24, 2.45) is 47.3 Å². The first-order valence-corrected chi connectivity index (χ1v) is 11.8. The summed E-state index contributed by atoms with van der Waals surface area (Å²) >= 11 is 1.62. The van der Waals surface area contributed by atoms with E-state index < -0.39 is 5.97 Å². The molecule has 7 saturated carbocycles. The van der Waals surface area contributed by atoms with Crippen LogP contribution in [0.25, 0.3) is 5.57 Å². The zero-order valence-electron chi connectivity index (χ0n) is 16.0. The van der Waals surface area contributed by atoms with E-state index in [-0.39, 0.29) is 5.97 Å². The van der Waals surface area contributed by atoms with Crippen molar-refractivity contribution < 1.29 is 14.3 Å². The predicted molar refractivity (Wildman–Crippen MR) is 106 cm³/mol. The number of ether oxygens (including phenoxy) is 1. The number of cyclic esters (lactones) is 2. The average Bonchev–Trinajstić information content (AvgIpc) is 3.32. The summed E-state index contributed by atoms with van der Waals surface area (Å²) in [5, 5.41) is 4.08. The van der Waals surface area contributed by atoms with Gasteiger partial charge in [-0.1, -0.05) is 0 Å². The normalized spacial score (nSPS) is 49.3. The Bertz CT molecular complexity index is 959. The minimum Gasteiger partial charge on any atom is -0.386 e. The second-order valence-electron chi connectivity index (χ2n) is 10.1. The van der Waals surface area contributed by atoms with Gasteiger partial charge in [0.2, 0.25) is 0 Å². The molecule has 8 aliphatic rings. The van der Waals surface area contributed by atoms with E-state index in [2.05, 4.69) is 5.38 Å². The first-order chi connectivity index (χ1) is 13.6. The third-order valence-corrected chi connectivity index (χ3v) is 10.00.